The molecule has 0 atom stereocenters. The molecule has 4 heterocycles. The van der Waals surface area contributed by atoms with Crippen LogP contribution in [0.15, 0.2) is 24.4 Å². The molecular weight excluding hydrogens is 342 g/mol. The normalized spacial score (nSPS) is 19.3. The van der Waals surface area contributed by atoms with Crippen molar-refractivity contribution >= 4 is 22.5 Å². The van der Waals surface area contributed by atoms with Gasteiger partial charge in [-0.25, -0.2) is 4.79 Å². The summed E-state index contributed by atoms with van der Waals surface area (Å²) in [5.74, 6) is 0.365. The van der Waals surface area contributed by atoms with Gasteiger partial charge in [-0.3, -0.25) is 10.3 Å². The van der Waals surface area contributed by atoms with Gasteiger partial charge < -0.3 is 14.4 Å². The molecule has 4 rings (SSSR count). The van der Waals surface area contributed by atoms with Crippen LogP contribution >= 0.6 is 11.3 Å². The Balaban J connectivity index is 1.31. The second-order valence-electron chi connectivity index (χ2n) is 5.99. The Morgan fingerprint density at radius 2 is 2.00 bits per heavy atom. The fourth-order valence-corrected chi connectivity index (χ4v) is 3.77. The van der Waals surface area contributed by atoms with Crippen molar-refractivity contribution in [2.24, 2.45) is 5.92 Å². The van der Waals surface area contributed by atoms with E-state index >= 15 is 0 Å². The van der Waals surface area contributed by atoms with Crippen LogP contribution in [0.25, 0.3) is 10.7 Å². The number of likely N-dealkylation sites (tertiary alicyclic amines) is 1. The molecule has 2 amide bonds. The van der Waals surface area contributed by atoms with E-state index in [9.17, 15) is 4.79 Å². The molecule has 1 N–H and O–H groups in total. The van der Waals surface area contributed by atoms with Gasteiger partial charge in [-0.2, -0.15) is 0 Å². The van der Waals surface area contributed by atoms with Crippen molar-refractivity contribution in [2.75, 3.05) is 31.6 Å². The van der Waals surface area contributed by atoms with Gasteiger partial charge in [-0.1, -0.05) is 17.4 Å². The van der Waals surface area contributed by atoms with Crippen molar-refractivity contribution in [2.45, 2.75) is 19.1 Å². The molecule has 9 heteroatoms. The number of urea groups is 1. The number of anilines is 1. The second kappa shape index (κ2) is 7.42. The summed E-state index contributed by atoms with van der Waals surface area (Å²) in [6.45, 7) is 2.71. The molecule has 0 bridgehead atoms. The first-order valence-electron chi connectivity index (χ1n) is 8.33. The molecule has 2 aliphatic heterocycles. The van der Waals surface area contributed by atoms with Gasteiger partial charge in [-0.15, -0.1) is 10.2 Å². The molecule has 0 aromatic carbocycles. The van der Waals surface area contributed by atoms with Gasteiger partial charge in [0, 0.05) is 25.2 Å². The van der Waals surface area contributed by atoms with Crippen LogP contribution in [0.4, 0.5) is 9.93 Å². The topological polar surface area (TPSA) is 89.5 Å². The Bertz CT molecular complexity index is 712. The number of nitrogens with zero attached hydrogens (tertiary/aromatic N) is 4. The number of rotatable bonds is 3. The standard InChI is InChI=1S/C16H19N5O3S/c22-16(21-7-4-11(5-8-21)14-23-9-10-24-14)18-15-20-19-13(25-15)12-3-1-2-6-17-12/h1-3,6,11,14H,4-5,7-10H2,(H,18,20,22). The number of nitrogens with one attached hydrogen (secondary N) is 1. The van der Waals surface area contributed by atoms with Gasteiger partial charge in [-0.05, 0) is 25.0 Å². The fraction of sp³-hybridized carbons (Fsp3) is 0.500. The van der Waals surface area contributed by atoms with Crippen LogP contribution in [0.1, 0.15) is 12.8 Å². The molecule has 2 saturated heterocycles. The van der Waals surface area contributed by atoms with Crippen molar-refractivity contribution in [3.8, 4) is 10.7 Å². The Morgan fingerprint density at radius 1 is 1.20 bits per heavy atom. The van der Waals surface area contributed by atoms with Gasteiger partial charge in [0.05, 0.1) is 13.2 Å². The monoisotopic (exact) mass is 361 g/mol. The minimum atomic E-state index is -0.143. The van der Waals surface area contributed by atoms with E-state index in [1.165, 1.54) is 11.3 Å². The van der Waals surface area contributed by atoms with E-state index in [2.05, 4.69) is 20.5 Å². The zero-order valence-electron chi connectivity index (χ0n) is 13.6. The van der Waals surface area contributed by atoms with Gasteiger partial charge in [0.25, 0.3) is 0 Å². The predicted molar refractivity (Wildman–Crippen MR) is 92.1 cm³/mol. The maximum atomic E-state index is 12.4. The number of piperidine rings is 1. The Labute approximate surface area is 149 Å². The number of hydrogen-bond acceptors (Lipinski definition) is 7. The highest BCUT2D eigenvalue weighted by Crippen LogP contribution is 2.27. The van der Waals surface area contributed by atoms with Crippen LogP contribution in [-0.4, -0.2) is 58.7 Å². The number of carbonyl (C=O) groups excluding carboxylic acids is 1. The molecule has 2 aromatic heterocycles. The van der Waals surface area contributed by atoms with Crippen molar-refractivity contribution < 1.29 is 14.3 Å². The molecule has 25 heavy (non-hydrogen) atoms. The summed E-state index contributed by atoms with van der Waals surface area (Å²) in [6.07, 6.45) is 3.37. The van der Waals surface area contributed by atoms with Gasteiger partial charge >= 0.3 is 6.03 Å². The van der Waals surface area contributed by atoms with Crippen molar-refractivity contribution in [3.63, 3.8) is 0 Å². The maximum absolute atomic E-state index is 12.4. The lowest BCUT2D eigenvalue weighted by Gasteiger charge is -2.33. The number of ether oxygens (including phenoxy) is 2. The third kappa shape index (κ3) is 3.78. The zero-order chi connectivity index (χ0) is 17.1. The first-order valence-corrected chi connectivity index (χ1v) is 9.15. The van der Waals surface area contributed by atoms with Crippen LogP contribution in [0, 0.1) is 5.92 Å². The van der Waals surface area contributed by atoms with E-state index in [1.807, 2.05) is 18.2 Å². The molecule has 0 radical (unpaired) electrons. The van der Waals surface area contributed by atoms with Crippen LogP contribution in [0.2, 0.25) is 0 Å². The summed E-state index contributed by atoms with van der Waals surface area (Å²) < 4.78 is 11.1. The highest BCUT2D eigenvalue weighted by atomic mass is 32.1. The van der Waals surface area contributed by atoms with Crippen molar-refractivity contribution in [1.29, 1.82) is 0 Å². The Kier molecular flexibility index (Phi) is 4.86. The van der Waals surface area contributed by atoms with Crippen LogP contribution in [-0.2, 0) is 9.47 Å². The van der Waals surface area contributed by atoms with E-state index < -0.39 is 0 Å². The number of aromatic nitrogens is 3. The molecule has 2 aliphatic rings. The van der Waals surface area contributed by atoms with E-state index in [-0.39, 0.29) is 12.3 Å². The Hall–Kier alpha value is -2.10. The van der Waals surface area contributed by atoms with Gasteiger partial charge in [0.15, 0.2) is 11.3 Å². The first-order chi connectivity index (χ1) is 12.3. The Morgan fingerprint density at radius 3 is 2.72 bits per heavy atom. The van der Waals surface area contributed by atoms with E-state index in [0.717, 1.165) is 18.5 Å². The SMILES string of the molecule is O=C(Nc1nnc(-c2ccccn2)s1)N1CCC(C2OCCO2)CC1. The molecule has 0 saturated carbocycles. The quantitative estimate of drug-likeness (QED) is 0.902. The lowest BCUT2D eigenvalue weighted by Crippen LogP contribution is -2.43. The molecule has 2 aromatic rings. The molecule has 0 unspecified atom stereocenters. The third-order valence-corrected chi connectivity index (χ3v) is 5.24. The molecule has 132 valence electrons. The van der Waals surface area contributed by atoms with Crippen LogP contribution < -0.4 is 5.32 Å². The number of carbonyl (C=O) groups is 1. The summed E-state index contributed by atoms with van der Waals surface area (Å²) in [7, 11) is 0. The van der Waals surface area contributed by atoms with Gasteiger partial charge in [0.2, 0.25) is 5.13 Å². The smallest absolute Gasteiger partial charge is 0.323 e. The number of hydrogen-bond donors (Lipinski definition) is 1. The maximum Gasteiger partial charge on any atom is 0.323 e. The van der Waals surface area contributed by atoms with Crippen LogP contribution in [0.3, 0.4) is 0 Å². The largest absolute Gasteiger partial charge is 0.350 e. The van der Waals surface area contributed by atoms with Crippen molar-refractivity contribution in [3.05, 3.63) is 24.4 Å². The molecule has 8 nitrogen and oxygen atoms in total. The minimum Gasteiger partial charge on any atom is -0.350 e. The lowest BCUT2D eigenvalue weighted by molar-refractivity contribution is -0.0950. The van der Waals surface area contributed by atoms with E-state index in [0.29, 0.717) is 42.4 Å². The highest BCUT2D eigenvalue weighted by molar-refractivity contribution is 7.18. The minimum absolute atomic E-state index is 0.102. The molecular formula is C16H19N5O3S. The molecule has 2 fully saturated rings. The first kappa shape index (κ1) is 16.4. The summed E-state index contributed by atoms with van der Waals surface area (Å²) in [4.78, 5) is 18.5. The summed E-state index contributed by atoms with van der Waals surface area (Å²) in [5, 5.41) is 12.1. The lowest BCUT2D eigenvalue weighted by atomic mass is 9.96. The fourth-order valence-electron chi connectivity index (χ4n) is 3.06. The van der Waals surface area contributed by atoms with Crippen molar-refractivity contribution in [1.82, 2.24) is 20.1 Å². The average Bonchev–Trinajstić information content (AvgIpc) is 3.35. The predicted octanol–water partition coefficient (Wildman–Crippen LogP) is 2.22. The molecule has 0 aliphatic carbocycles. The summed E-state index contributed by atoms with van der Waals surface area (Å²) in [6, 6.07) is 5.46. The zero-order valence-corrected chi connectivity index (χ0v) is 14.4. The second-order valence-corrected chi connectivity index (χ2v) is 6.97. The molecule has 0 spiro atoms. The third-order valence-electron chi connectivity index (χ3n) is 4.38. The number of pyridine rings is 1. The average molecular weight is 361 g/mol. The van der Waals surface area contributed by atoms with Gasteiger partial charge in [0.1, 0.15) is 5.69 Å². The van der Waals surface area contributed by atoms with E-state index in [1.54, 1.807) is 11.1 Å². The number of amides is 2. The van der Waals surface area contributed by atoms with Crippen LogP contribution in [0.5, 0.6) is 0 Å². The summed E-state index contributed by atoms with van der Waals surface area (Å²) >= 11 is 1.32. The summed E-state index contributed by atoms with van der Waals surface area (Å²) in [5.41, 5.74) is 0.748. The van der Waals surface area contributed by atoms with E-state index in [4.69, 9.17) is 9.47 Å². The highest BCUT2D eigenvalue weighted by Gasteiger charge is 2.32.